The Balaban J connectivity index is 1.29. The van der Waals surface area contributed by atoms with Gasteiger partial charge in [-0.1, -0.05) is 11.6 Å². The van der Waals surface area contributed by atoms with E-state index in [1.165, 1.54) is 6.08 Å². The second-order valence-corrected chi connectivity index (χ2v) is 8.29. The summed E-state index contributed by atoms with van der Waals surface area (Å²) in [5.74, 6) is -0.981. The Morgan fingerprint density at radius 1 is 0.914 bits per heavy atom. The number of alkyl halides is 3. The van der Waals surface area contributed by atoms with Crippen LogP contribution in [-0.2, 0) is 9.59 Å². The standard InChI is InChI=1S/C25H21ClF3N3O3/c26-18-3-1-17(2-4-18)22-11-9-21(35-22)10-12-23(33)30-19-5-7-20(8-6-19)31-13-15-32(16-14-31)24(34)25(27,28)29/h1-12H,13-16H2,(H,30,33)/b12-10+. The summed E-state index contributed by atoms with van der Waals surface area (Å²) in [4.78, 5) is 26.3. The van der Waals surface area contributed by atoms with Crippen LogP contribution in [0.2, 0.25) is 5.02 Å². The monoisotopic (exact) mass is 503 g/mol. The minimum atomic E-state index is -4.85. The number of furan rings is 1. The molecule has 6 nitrogen and oxygen atoms in total. The second kappa shape index (κ2) is 10.3. The first kappa shape index (κ1) is 24.4. The molecule has 0 atom stereocenters. The van der Waals surface area contributed by atoms with Crippen LogP contribution in [0.3, 0.4) is 0 Å². The molecule has 1 N–H and O–H groups in total. The molecule has 0 radical (unpaired) electrons. The molecule has 0 saturated carbocycles. The molecule has 0 unspecified atom stereocenters. The molecule has 1 aliphatic heterocycles. The molecule has 2 aromatic carbocycles. The van der Waals surface area contributed by atoms with Gasteiger partial charge in [-0.3, -0.25) is 9.59 Å². The van der Waals surface area contributed by atoms with E-state index in [1.54, 1.807) is 54.6 Å². The molecular weight excluding hydrogens is 483 g/mol. The highest BCUT2D eigenvalue weighted by Crippen LogP contribution is 2.25. The zero-order chi connectivity index (χ0) is 25.0. The summed E-state index contributed by atoms with van der Waals surface area (Å²) < 4.78 is 43.5. The van der Waals surface area contributed by atoms with E-state index in [-0.39, 0.29) is 32.1 Å². The van der Waals surface area contributed by atoms with Crippen LogP contribution in [0, 0.1) is 0 Å². The van der Waals surface area contributed by atoms with E-state index in [9.17, 15) is 22.8 Å². The maximum Gasteiger partial charge on any atom is 0.471 e. The molecule has 0 spiro atoms. The average molecular weight is 504 g/mol. The highest BCUT2D eigenvalue weighted by Gasteiger charge is 2.43. The molecule has 10 heteroatoms. The van der Waals surface area contributed by atoms with Crippen LogP contribution in [0.1, 0.15) is 5.76 Å². The predicted octanol–water partition coefficient (Wildman–Crippen LogP) is 5.46. The SMILES string of the molecule is O=C(/C=C/c1ccc(-c2ccc(Cl)cc2)o1)Nc1ccc(N2CCN(C(=O)C(F)(F)F)CC2)cc1. The Morgan fingerprint density at radius 3 is 2.20 bits per heavy atom. The highest BCUT2D eigenvalue weighted by atomic mass is 35.5. The first-order valence-electron chi connectivity index (χ1n) is 10.7. The van der Waals surface area contributed by atoms with Gasteiger partial charge in [-0.05, 0) is 66.7 Å². The number of carbonyl (C=O) groups is 2. The fourth-order valence-corrected chi connectivity index (χ4v) is 3.78. The summed E-state index contributed by atoms with van der Waals surface area (Å²) in [5.41, 5.74) is 2.23. The molecule has 1 saturated heterocycles. The lowest BCUT2D eigenvalue weighted by atomic mass is 10.2. The molecule has 35 heavy (non-hydrogen) atoms. The van der Waals surface area contributed by atoms with Crippen molar-refractivity contribution in [2.45, 2.75) is 6.18 Å². The van der Waals surface area contributed by atoms with Crippen LogP contribution in [0.25, 0.3) is 17.4 Å². The third kappa shape index (κ3) is 6.24. The molecule has 0 aliphatic carbocycles. The van der Waals surface area contributed by atoms with Crippen molar-refractivity contribution >= 4 is 40.9 Å². The van der Waals surface area contributed by atoms with Crippen molar-refractivity contribution in [1.82, 2.24) is 4.90 Å². The number of piperazine rings is 1. The number of anilines is 2. The van der Waals surface area contributed by atoms with Gasteiger partial charge >= 0.3 is 12.1 Å². The molecule has 1 aliphatic rings. The summed E-state index contributed by atoms with van der Waals surface area (Å²) in [6.45, 7) is 0.567. The zero-order valence-corrected chi connectivity index (χ0v) is 19.1. The van der Waals surface area contributed by atoms with Crippen LogP contribution in [0.15, 0.2) is 71.2 Å². The van der Waals surface area contributed by atoms with Crippen molar-refractivity contribution in [2.24, 2.45) is 0 Å². The normalized spacial score (nSPS) is 14.4. The first-order valence-corrected chi connectivity index (χ1v) is 11.1. The van der Waals surface area contributed by atoms with Crippen molar-refractivity contribution in [3.05, 3.63) is 77.5 Å². The van der Waals surface area contributed by atoms with Crippen molar-refractivity contribution in [3.63, 3.8) is 0 Å². The lowest BCUT2D eigenvalue weighted by Crippen LogP contribution is -2.52. The highest BCUT2D eigenvalue weighted by molar-refractivity contribution is 6.30. The van der Waals surface area contributed by atoms with Crippen molar-refractivity contribution in [3.8, 4) is 11.3 Å². The summed E-state index contributed by atoms with van der Waals surface area (Å²) >= 11 is 5.90. The number of hydrogen-bond acceptors (Lipinski definition) is 4. The number of carbonyl (C=O) groups excluding carboxylic acids is 2. The van der Waals surface area contributed by atoms with Crippen LogP contribution < -0.4 is 10.2 Å². The van der Waals surface area contributed by atoms with Gasteiger partial charge in [0.1, 0.15) is 11.5 Å². The molecular formula is C25H21ClF3N3O3. The largest absolute Gasteiger partial charge is 0.471 e. The first-order chi connectivity index (χ1) is 16.7. The second-order valence-electron chi connectivity index (χ2n) is 7.86. The lowest BCUT2D eigenvalue weighted by molar-refractivity contribution is -0.185. The van der Waals surface area contributed by atoms with Gasteiger partial charge in [0.2, 0.25) is 5.91 Å². The van der Waals surface area contributed by atoms with E-state index in [0.717, 1.165) is 16.2 Å². The van der Waals surface area contributed by atoms with Crippen molar-refractivity contribution in [2.75, 3.05) is 36.4 Å². The number of hydrogen-bond donors (Lipinski definition) is 1. The quantitative estimate of drug-likeness (QED) is 0.469. The minimum absolute atomic E-state index is 0.00582. The van der Waals surface area contributed by atoms with E-state index in [0.29, 0.717) is 22.2 Å². The summed E-state index contributed by atoms with van der Waals surface area (Å²) in [7, 11) is 0. The van der Waals surface area contributed by atoms with Crippen LogP contribution in [0.5, 0.6) is 0 Å². The van der Waals surface area contributed by atoms with Gasteiger partial charge in [0.25, 0.3) is 0 Å². The Bertz CT molecular complexity index is 1210. The van der Waals surface area contributed by atoms with E-state index in [1.807, 2.05) is 17.0 Å². The van der Waals surface area contributed by atoms with Gasteiger partial charge in [-0.15, -0.1) is 0 Å². The van der Waals surface area contributed by atoms with E-state index < -0.39 is 12.1 Å². The third-order valence-corrected chi connectivity index (χ3v) is 5.72. The summed E-state index contributed by atoms with van der Waals surface area (Å²) in [5, 5.41) is 3.38. The van der Waals surface area contributed by atoms with Gasteiger partial charge in [-0.2, -0.15) is 13.2 Å². The molecule has 2 heterocycles. The zero-order valence-electron chi connectivity index (χ0n) is 18.4. The maximum atomic E-state index is 12.6. The molecule has 2 amide bonds. The fourth-order valence-electron chi connectivity index (χ4n) is 3.66. The van der Waals surface area contributed by atoms with Gasteiger partial charge in [-0.25, -0.2) is 0 Å². The van der Waals surface area contributed by atoms with Crippen LogP contribution >= 0.6 is 11.6 Å². The third-order valence-electron chi connectivity index (χ3n) is 5.46. The van der Waals surface area contributed by atoms with Gasteiger partial charge in [0, 0.05) is 54.2 Å². The Labute approximate surface area is 204 Å². The predicted molar refractivity (Wildman–Crippen MR) is 128 cm³/mol. The number of benzene rings is 2. The molecule has 4 rings (SSSR count). The average Bonchev–Trinajstić information content (AvgIpc) is 3.32. The van der Waals surface area contributed by atoms with Crippen molar-refractivity contribution < 1.29 is 27.2 Å². The van der Waals surface area contributed by atoms with Gasteiger partial charge < -0.3 is 19.5 Å². The molecule has 3 aromatic rings. The van der Waals surface area contributed by atoms with Gasteiger partial charge in [0.15, 0.2) is 0 Å². The van der Waals surface area contributed by atoms with E-state index >= 15 is 0 Å². The number of amides is 2. The Morgan fingerprint density at radius 2 is 1.57 bits per heavy atom. The number of halogens is 4. The molecule has 1 aromatic heterocycles. The van der Waals surface area contributed by atoms with E-state index in [2.05, 4.69) is 5.32 Å². The fraction of sp³-hybridized carbons (Fsp3) is 0.200. The number of nitrogens with one attached hydrogen (secondary N) is 1. The Hall–Kier alpha value is -3.72. The number of nitrogens with zero attached hydrogens (tertiary/aromatic N) is 2. The van der Waals surface area contributed by atoms with Gasteiger partial charge in [0.05, 0.1) is 0 Å². The number of rotatable bonds is 5. The van der Waals surface area contributed by atoms with Crippen LogP contribution in [0.4, 0.5) is 24.5 Å². The van der Waals surface area contributed by atoms with Crippen LogP contribution in [-0.4, -0.2) is 49.1 Å². The van der Waals surface area contributed by atoms with E-state index in [4.69, 9.17) is 16.0 Å². The minimum Gasteiger partial charge on any atom is -0.457 e. The maximum absolute atomic E-state index is 12.6. The topological polar surface area (TPSA) is 65.8 Å². The summed E-state index contributed by atoms with van der Waals surface area (Å²) in [6.07, 6.45) is -1.94. The summed E-state index contributed by atoms with van der Waals surface area (Å²) in [6, 6.07) is 17.7. The molecule has 182 valence electrons. The van der Waals surface area contributed by atoms with Crippen molar-refractivity contribution in [1.29, 1.82) is 0 Å². The smallest absolute Gasteiger partial charge is 0.457 e. The lowest BCUT2D eigenvalue weighted by Gasteiger charge is -2.36. The molecule has 0 bridgehead atoms. The Kier molecular flexibility index (Phi) is 7.16. The molecule has 1 fully saturated rings.